The summed E-state index contributed by atoms with van der Waals surface area (Å²) in [6.45, 7) is 3.26. The van der Waals surface area contributed by atoms with E-state index in [1.54, 1.807) is 38.5 Å². The molecule has 2 aromatic carbocycles. The normalized spacial score (nSPS) is 43.6. The van der Waals surface area contributed by atoms with Crippen LogP contribution in [0.1, 0.15) is 65.3 Å². The molecule has 12 atom stereocenters. The lowest BCUT2D eigenvalue weighted by molar-refractivity contribution is -0.333. The molecule has 258 valence electrons. The Morgan fingerprint density at radius 3 is 2.54 bits per heavy atom. The Bertz CT molecular complexity index is 1640. The minimum absolute atomic E-state index is 0.0388. The molecule has 7 bridgehead atoms. The van der Waals surface area contributed by atoms with Crippen molar-refractivity contribution in [1.82, 2.24) is 4.90 Å². The number of aliphatic hydroxyl groups is 3. The van der Waals surface area contributed by atoms with Gasteiger partial charge in [0.25, 0.3) is 0 Å². The first-order chi connectivity index (χ1) is 23.0. The maximum Gasteiger partial charge on any atom is 0.339 e. The topological polar surface area (TPSA) is 126 Å². The fourth-order valence-electron chi connectivity index (χ4n) is 12.6. The van der Waals surface area contributed by atoms with Crippen LogP contribution in [0.3, 0.4) is 0 Å². The van der Waals surface area contributed by atoms with Crippen molar-refractivity contribution in [3.63, 3.8) is 0 Å². The van der Waals surface area contributed by atoms with E-state index in [4.69, 9.17) is 14.2 Å². The molecule has 3 unspecified atom stereocenters. The molecule has 0 amide bonds. The highest BCUT2D eigenvalue weighted by Crippen LogP contribution is 2.80. The lowest BCUT2D eigenvalue weighted by atomic mass is 9.42. The van der Waals surface area contributed by atoms with Crippen LogP contribution in [0.2, 0.25) is 0 Å². The van der Waals surface area contributed by atoms with Crippen LogP contribution in [0.5, 0.6) is 0 Å². The van der Waals surface area contributed by atoms with Crippen molar-refractivity contribution in [3.05, 3.63) is 69.7 Å². The van der Waals surface area contributed by atoms with Gasteiger partial charge in [0.1, 0.15) is 16.8 Å². The number of piperidine rings is 1. The molecule has 3 N–H and O–H groups in total. The first-order valence-electron chi connectivity index (χ1n) is 17.5. The van der Waals surface area contributed by atoms with Crippen molar-refractivity contribution < 1.29 is 39.1 Å². The molecule has 1 saturated heterocycles. The molecule has 1 aliphatic heterocycles. The lowest BCUT2D eigenvalue weighted by Crippen LogP contribution is -2.82. The number of fused-ring (bicyclic) bond motifs is 2. The Morgan fingerprint density at radius 2 is 1.83 bits per heavy atom. The number of ether oxygens (including phenoxy) is 3. The van der Waals surface area contributed by atoms with Crippen LogP contribution in [0.4, 0.5) is 0 Å². The summed E-state index contributed by atoms with van der Waals surface area (Å²) >= 11 is 3.45. The van der Waals surface area contributed by atoms with E-state index in [2.05, 4.69) is 27.8 Å². The number of hydrogen-bond acceptors (Lipinski definition) is 9. The Morgan fingerprint density at radius 1 is 1.04 bits per heavy atom. The third-order valence-electron chi connectivity index (χ3n) is 14.1. The van der Waals surface area contributed by atoms with Gasteiger partial charge < -0.3 is 29.5 Å². The predicted octanol–water partition coefficient (Wildman–Crippen LogP) is 4.04. The van der Waals surface area contributed by atoms with Gasteiger partial charge in [-0.2, -0.15) is 0 Å². The summed E-state index contributed by atoms with van der Waals surface area (Å²) in [5.74, 6) is -1.66. The number of ketones is 1. The number of methoxy groups -OCH3 is 2. The van der Waals surface area contributed by atoms with Crippen molar-refractivity contribution >= 4 is 27.7 Å². The maximum absolute atomic E-state index is 14.4. The highest BCUT2D eigenvalue weighted by molar-refractivity contribution is 9.10. The third kappa shape index (κ3) is 4.05. The van der Waals surface area contributed by atoms with E-state index in [9.17, 15) is 24.9 Å². The lowest BCUT2D eigenvalue weighted by Gasteiger charge is -2.71. The van der Waals surface area contributed by atoms with Gasteiger partial charge in [0, 0.05) is 85.4 Å². The van der Waals surface area contributed by atoms with Crippen LogP contribution < -0.4 is 0 Å². The number of Topliss-reactive ketones (excluding diaryl/α,β-unsaturated/α-hetero) is 1. The fourth-order valence-corrected chi connectivity index (χ4v) is 13.0. The summed E-state index contributed by atoms with van der Waals surface area (Å²) in [7, 11) is 3.28. The number of aliphatic hydroxyl groups excluding tert-OH is 1. The number of likely N-dealkylation sites (tertiary alicyclic amines) is 1. The van der Waals surface area contributed by atoms with Gasteiger partial charge in [0.05, 0.1) is 17.8 Å². The number of benzene rings is 2. The number of halogens is 1. The van der Waals surface area contributed by atoms with Gasteiger partial charge in [-0.15, -0.1) is 0 Å². The average Bonchev–Trinajstić information content (AvgIpc) is 3.51. The van der Waals surface area contributed by atoms with E-state index in [0.717, 1.165) is 4.47 Å². The Hall–Kier alpha value is -2.18. The van der Waals surface area contributed by atoms with Gasteiger partial charge >= 0.3 is 5.97 Å². The minimum Gasteiger partial charge on any atom is -0.454 e. The molecule has 0 aromatic heterocycles. The van der Waals surface area contributed by atoms with Gasteiger partial charge in [-0.25, -0.2) is 4.79 Å². The highest BCUT2D eigenvalue weighted by atomic mass is 79.9. The zero-order chi connectivity index (χ0) is 33.8. The van der Waals surface area contributed by atoms with Crippen LogP contribution in [0.15, 0.2) is 53.0 Å². The van der Waals surface area contributed by atoms with Gasteiger partial charge in [0.2, 0.25) is 0 Å². The SMILES string of the molecule is CCN1C[C@]2(OC(=O)c3ccccc3CC(=O)c3cccc(Br)c3)CC[C@H](CO)[C@]34C1[C@H](CC23)[C@@]1(O)C[C@H](OC)[C@H]2CC4[C@]1(O)[C@H]2OC. The van der Waals surface area contributed by atoms with Crippen molar-refractivity contribution in [2.75, 3.05) is 33.9 Å². The summed E-state index contributed by atoms with van der Waals surface area (Å²) < 4.78 is 19.7. The third-order valence-corrected chi connectivity index (χ3v) is 14.6. The maximum atomic E-state index is 14.4. The van der Waals surface area contributed by atoms with Crippen LogP contribution >= 0.6 is 15.9 Å². The fraction of sp³-hybridized carbons (Fsp3) is 0.632. The summed E-state index contributed by atoms with van der Waals surface area (Å²) in [5.41, 5.74) is -2.93. The average molecular weight is 725 g/mol. The largest absolute Gasteiger partial charge is 0.454 e. The zero-order valence-corrected chi connectivity index (χ0v) is 29.4. The van der Waals surface area contributed by atoms with Crippen LogP contribution in [0, 0.1) is 35.0 Å². The second-order valence-corrected chi connectivity index (χ2v) is 16.3. The van der Waals surface area contributed by atoms with Gasteiger partial charge in [0.15, 0.2) is 5.78 Å². The molecule has 6 fully saturated rings. The Balaban J connectivity index is 1.20. The van der Waals surface area contributed by atoms with Gasteiger partial charge in [-0.3, -0.25) is 9.69 Å². The number of hydrogen-bond donors (Lipinski definition) is 3. The molecule has 5 saturated carbocycles. The number of esters is 1. The number of likely N-dealkylation sites (N-methyl/N-ethyl adjacent to an activating group) is 1. The summed E-state index contributed by atoms with van der Waals surface area (Å²) in [5, 5.41) is 36.9. The standard InChI is InChI=1S/C38H46BrNO8/c1-4-40-20-35(48-34(43)25-11-6-5-8-21(25)15-28(42)22-9-7-10-24(39)14-22)13-12-23(19-41)37-30(35)17-27(32(37)40)36(44)18-29(46-2)26-16-31(37)38(36,45)33(26)47-3/h5-11,14,23,26-27,29-33,41,44-45H,4,12-13,15-20H2,1-3H3/t23-,26-,27+,29+,30?,31?,32?,33+,35-,36+,37+,38+/m1/s1. The predicted molar refractivity (Wildman–Crippen MR) is 179 cm³/mol. The second-order valence-electron chi connectivity index (χ2n) is 15.4. The molecule has 0 radical (unpaired) electrons. The van der Waals surface area contributed by atoms with Crippen molar-refractivity contribution in [2.24, 2.45) is 35.0 Å². The molecule has 9 nitrogen and oxygen atoms in total. The van der Waals surface area contributed by atoms with Crippen LogP contribution in [0.25, 0.3) is 0 Å². The van der Waals surface area contributed by atoms with Gasteiger partial charge in [-0.1, -0.05) is 53.2 Å². The van der Waals surface area contributed by atoms with E-state index >= 15 is 0 Å². The molecule has 1 heterocycles. The molecule has 48 heavy (non-hydrogen) atoms. The van der Waals surface area contributed by atoms with E-state index < -0.39 is 34.3 Å². The summed E-state index contributed by atoms with van der Waals surface area (Å²) in [6.07, 6.45) is 1.91. The summed E-state index contributed by atoms with van der Waals surface area (Å²) in [4.78, 5) is 30.1. The smallest absolute Gasteiger partial charge is 0.339 e. The molecule has 6 aliphatic rings. The first-order valence-corrected chi connectivity index (χ1v) is 18.3. The van der Waals surface area contributed by atoms with Crippen LogP contribution in [-0.2, 0) is 20.6 Å². The van der Waals surface area contributed by atoms with E-state index in [0.29, 0.717) is 61.9 Å². The number of nitrogens with zero attached hydrogens (tertiary/aromatic N) is 1. The summed E-state index contributed by atoms with van der Waals surface area (Å²) in [6, 6.07) is 14.3. The van der Waals surface area contributed by atoms with Crippen LogP contribution in [-0.4, -0.2) is 101 Å². The first kappa shape index (κ1) is 33.0. The van der Waals surface area contributed by atoms with Gasteiger partial charge in [-0.05, 0) is 61.9 Å². The van der Waals surface area contributed by atoms with Crippen molar-refractivity contribution in [2.45, 2.75) is 80.5 Å². The number of carbonyl (C=O) groups is 2. The molecule has 5 aliphatic carbocycles. The Kier molecular flexibility index (Phi) is 7.85. The monoisotopic (exact) mass is 723 g/mol. The molecule has 2 aromatic rings. The quantitative estimate of drug-likeness (QED) is 0.260. The molecular formula is C38H46BrNO8. The zero-order valence-electron chi connectivity index (χ0n) is 27.8. The van der Waals surface area contributed by atoms with E-state index in [1.807, 2.05) is 24.3 Å². The molecule has 10 heteroatoms. The van der Waals surface area contributed by atoms with Crippen molar-refractivity contribution in [3.8, 4) is 0 Å². The molecule has 8 rings (SSSR count). The molecular weight excluding hydrogens is 678 g/mol. The number of carbonyl (C=O) groups excluding carboxylic acids is 2. The Labute approximate surface area is 290 Å². The number of rotatable bonds is 9. The minimum atomic E-state index is -1.52. The van der Waals surface area contributed by atoms with E-state index in [-0.39, 0.29) is 60.5 Å². The molecule has 1 spiro atoms. The van der Waals surface area contributed by atoms with Crippen molar-refractivity contribution in [1.29, 1.82) is 0 Å². The second kappa shape index (κ2) is 11.4. The highest BCUT2D eigenvalue weighted by Gasteiger charge is 2.88. The van der Waals surface area contributed by atoms with E-state index in [1.165, 1.54) is 0 Å².